The van der Waals surface area contributed by atoms with Gasteiger partial charge >= 0.3 is 12.1 Å². The molecular weight excluding hydrogens is 488 g/mol. The predicted molar refractivity (Wildman–Crippen MR) is 121 cm³/mol. The Balaban J connectivity index is 1.47. The van der Waals surface area contributed by atoms with Crippen LogP contribution in [0.3, 0.4) is 0 Å². The summed E-state index contributed by atoms with van der Waals surface area (Å²) >= 11 is 6.74. The summed E-state index contributed by atoms with van der Waals surface area (Å²) < 4.78 is 1.84. The molecule has 4 amide bonds. The van der Waals surface area contributed by atoms with Crippen molar-refractivity contribution in [2.75, 3.05) is 23.7 Å². The molecule has 0 aliphatic rings. The molecule has 0 saturated carbocycles. The van der Waals surface area contributed by atoms with Gasteiger partial charge in [-0.05, 0) is 49.2 Å². The Morgan fingerprint density at radius 1 is 0.679 bits per heavy atom. The number of carbonyl (C=O) groups is 2. The third kappa shape index (κ3) is 9.23. The van der Waals surface area contributed by atoms with E-state index in [4.69, 9.17) is 0 Å². The number of unbranched alkanes of at least 4 members (excludes halogenated alkanes) is 3. The van der Waals surface area contributed by atoms with Crippen LogP contribution in [-0.4, -0.2) is 25.2 Å². The Labute approximate surface area is 182 Å². The van der Waals surface area contributed by atoms with Gasteiger partial charge in [0.05, 0.1) is 0 Å². The van der Waals surface area contributed by atoms with Gasteiger partial charge in [-0.3, -0.25) is 0 Å². The summed E-state index contributed by atoms with van der Waals surface area (Å²) in [5.74, 6) is 0. The lowest BCUT2D eigenvalue weighted by atomic mass is 10.2. The van der Waals surface area contributed by atoms with Crippen molar-refractivity contribution in [2.45, 2.75) is 25.7 Å². The zero-order valence-electron chi connectivity index (χ0n) is 15.4. The number of halogens is 2. The minimum absolute atomic E-state index is 0.205. The van der Waals surface area contributed by atoms with Crippen molar-refractivity contribution in [3.05, 3.63) is 57.5 Å². The highest BCUT2D eigenvalue weighted by Gasteiger charge is 2.02. The second-order valence-corrected chi connectivity index (χ2v) is 8.03. The van der Waals surface area contributed by atoms with Crippen molar-refractivity contribution >= 4 is 55.3 Å². The number of amides is 4. The van der Waals surface area contributed by atoms with Gasteiger partial charge in [-0.1, -0.05) is 56.8 Å². The molecule has 0 saturated heterocycles. The van der Waals surface area contributed by atoms with Crippen LogP contribution in [0, 0.1) is 0 Å². The Kier molecular flexibility index (Phi) is 9.85. The average Bonchev–Trinajstić information content (AvgIpc) is 2.64. The highest BCUT2D eigenvalue weighted by atomic mass is 79.9. The lowest BCUT2D eigenvalue weighted by Crippen LogP contribution is -2.30. The molecule has 0 aliphatic carbocycles. The number of benzene rings is 2. The molecule has 0 heterocycles. The van der Waals surface area contributed by atoms with E-state index >= 15 is 0 Å². The van der Waals surface area contributed by atoms with Crippen molar-refractivity contribution in [1.29, 1.82) is 0 Å². The van der Waals surface area contributed by atoms with Crippen LogP contribution >= 0.6 is 31.9 Å². The molecule has 0 aromatic heterocycles. The van der Waals surface area contributed by atoms with Crippen LogP contribution in [0.15, 0.2) is 57.5 Å². The maximum Gasteiger partial charge on any atom is 0.319 e. The molecular formula is C20H24Br2N4O2. The smallest absolute Gasteiger partial charge is 0.319 e. The fourth-order valence-corrected chi connectivity index (χ4v) is 3.29. The molecule has 4 N–H and O–H groups in total. The minimum Gasteiger partial charge on any atom is -0.338 e. The third-order valence-electron chi connectivity index (χ3n) is 3.84. The molecule has 0 unspecified atom stereocenters. The Hall–Kier alpha value is -2.06. The van der Waals surface area contributed by atoms with Crippen LogP contribution in [0.4, 0.5) is 21.0 Å². The first kappa shape index (κ1) is 22.2. The van der Waals surface area contributed by atoms with Crippen LogP contribution in [0.2, 0.25) is 0 Å². The number of carbonyl (C=O) groups excluding carboxylic acids is 2. The van der Waals surface area contributed by atoms with Gasteiger partial charge in [-0.25, -0.2) is 9.59 Å². The lowest BCUT2D eigenvalue weighted by Gasteiger charge is -2.09. The molecule has 0 bridgehead atoms. The summed E-state index contributed by atoms with van der Waals surface area (Å²) in [5, 5.41) is 11.3. The number of nitrogens with one attached hydrogen (secondary N) is 4. The van der Waals surface area contributed by atoms with Crippen molar-refractivity contribution in [3.8, 4) is 0 Å². The standard InChI is InChI=1S/C20H24Br2N4O2/c21-15-7-5-9-17(13-15)25-19(27)23-11-3-1-2-4-12-24-20(28)26-18-10-6-8-16(22)14-18/h5-10,13-14H,1-4,11-12H2,(H2,23,25,27)(H2,24,26,28). The van der Waals surface area contributed by atoms with Gasteiger partial charge in [-0.2, -0.15) is 0 Å². The summed E-state index contributed by atoms with van der Waals surface area (Å²) in [5.41, 5.74) is 1.50. The molecule has 0 spiro atoms. The van der Waals surface area contributed by atoms with Crippen LogP contribution in [0.1, 0.15) is 25.7 Å². The first-order valence-electron chi connectivity index (χ1n) is 9.14. The zero-order valence-corrected chi connectivity index (χ0v) is 18.6. The maximum absolute atomic E-state index is 11.8. The molecule has 6 nitrogen and oxygen atoms in total. The van der Waals surface area contributed by atoms with Gasteiger partial charge in [0, 0.05) is 33.4 Å². The van der Waals surface area contributed by atoms with Crippen molar-refractivity contribution in [2.24, 2.45) is 0 Å². The number of hydrogen-bond acceptors (Lipinski definition) is 2. The van der Waals surface area contributed by atoms with Gasteiger partial charge in [0.2, 0.25) is 0 Å². The number of urea groups is 2. The fraction of sp³-hybridized carbons (Fsp3) is 0.300. The van der Waals surface area contributed by atoms with Crippen LogP contribution in [-0.2, 0) is 0 Å². The summed E-state index contributed by atoms with van der Waals surface area (Å²) in [6.45, 7) is 1.24. The van der Waals surface area contributed by atoms with Gasteiger partial charge in [0.15, 0.2) is 0 Å². The molecule has 2 rings (SSSR count). The molecule has 2 aromatic rings. The van der Waals surface area contributed by atoms with Crippen molar-refractivity contribution in [1.82, 2.24) is 10.6 Å². The normalized spacial score (nSPS) is 10.2. The number of anilines is 2. The molecule has 8 heteroatoms. The molecule has 0 atom stereocenters. The van der Waals surface area contributed by atoms with E-state index in [1.807, 2.05) is 48.5 Å². The second-order valence-electron chi connectivity index (χ2n) is 6.20. The quantitative estimate of drug-likeness (QED) is 0.325. The first-order valence-corrected chi connectivity index (χ1v) is 10.7. The third-order valence-corrected chi connectivity index (χ3v) is 4.83. The van der Waals surface area contributed by atoms with E-state index in [2.05, 4.69) is 53.1 Å². The zero-order chi connectivity index (χ0) is 20.2. The van der Waals surface area contributed by atoms with Gasteiger partial charge in [-0.15, -0.1) is 0 Å². The molecule has 150 valence electrons. The van der Waals surface area contributed by atoms with Crippen LogP contribution in [0.5, 0.6) is 0 Å². The number of hydrogen-bond donors (Lipinski definition) is 4. The first-order chi connectivity index (χ1) is 13.5. The summed E-state index contributed by atoms with van der Waals surface area (Å²) in [6, 6.07) is 14.5. The highest BCUT2D eigenvalue weighted by molar-refractivity contribution is 9.10. The molecule has 0 aliphatic heterocycles. The summed E-state index contributed by atoms with van der Waals surface area (Å²) in [6.07, 6.45) is 3.78. The minimum atomic E-state index is -0.205. The molecule has 28 heavy (non-hydrogen) atoms. The van der Waals surface area contributed by atoms with E-state index < -0.39 is 0 Å². The molecule has 2 aromatic carbocycles. The number of rotatable bonds is 9. The monoisotopic (exact) mass is 510 g/mol. The predicted octanol–water partition coefficient (Wildman–Crippen LogP) is 5.72. The Morgan fingerprint density at radius 2 is 1.11 bits per heavy atom. The highest BCUT2D eigenvalue weighted by Crippen LogP contribution is 2.16. The van der Waals surface area contributed by atoms with Crippen LogP contribution < -0.4 is 21.3 Å². The van der Waals surface area contributed by atoms with E-state index in [-0.39, 0.29) is 12.1 Å². The van der Waals surface area contributed by atoms with E-state index in [1.54, 1.807) is 0 Å². The van der Waals surface area contributed by atoms with Gasteiger partial charge in [0.25, 0.3) is 0 Å². The summed E-state index contributed by atoms with van der Waals surface area (Å²) in [7, 11) is 0. The van der Waals surface area contributed by atoms with E-state index in [9.17, 15) is 9.59 Å². The second kappa shape index (κ2) is 12.4. The summed E-state index contributed by atoms with van der Waals surface area (Å²) in [4.78, 5) is 23.6. The topological polar surface area (TPSA) is 82.3 Å². The SMILES string of the molecule is O=C(NCCCCCCNC(=O)Nc1cccc(Br)c1)Nc1cccc(Br)c1. The van der Waals surface area contributed by atoms with Crippen molar-refractivity contribution in [3.63, 3.8) is 0 Å². The van der Waals surface area contributed by atoms with Gasteiger partial charge < -0.3 is 21.3 Å². The largest absolute Gasteiger partial charge is 0.338 e. The Bertz CT molecular complexity index is 721. The van der Waals surface area contributed by atoms with Crippen molar-refractivity contribution < 1.29 is 9.59 Å². The fourth-order valence-electron chi connectivity index (χ4n) is 2.49. The van der Waals surface area contributed by atoms with Gasteiger partial charge in [0.1, 0.15) is 0 Å². The molecule has 0 radical (unpaired) electrons. The van der Waals surface area contributed by atoms with E-state index in [1.165, 1.54) is 0 Å². The lowest BCUT2D eigenvalue weighted by molar-refractivity contribution is 0.250. The molecule has 0 fully saturated rings. The van der Waals surface area contributed by atoms with E-state index in [0.29, 0.717) is 13.1 Å². The maximum atomic E-state index is 11.8. The van der Waals surface area contributed by atoms with E-state index in [0.717, 1.165) is 46.0 Å². The average molecular weight is 512 g/mol. The van der Waals surface area contributed by atoms with Crippen LogP contribution in [0.25, 0.3) is 0 Å². The Morgan fingerprint density at radius 3 is 1.50 bits per heavy atom.